The highest BCUT2D eigenvalue weighted by molar-refractivity contribution is 5.16. The van der Waals surface area contributed by atoms with E-state index in [1.54, 1.807) is 0 Å². The van der Waals surface area contributed by atoms with Gasteiger partial charge in [0.2, 0.25) is 0 Å². The molecule has 4 aliphatic carbocycles. The zero-order valence-corrected chi connectivity index (χ0v) is 20.2. The van der Waals surface area contributed by atoms with Crippen LogP contribution in [0.25, 0.3) is 0 Å². The van der Waals surface area contributed by atoms with Crippen molar-refractivity contribution in [2.24, 2.45) is 46.3 Å². The average Bonchev–Trinajstić information content (AvgIpc) is 3.00. The van der Waals surface area contributed by atoms with Crippen molar-refractivity contribution >= 4 is 0 Å². The lowest BCUT2D eigenvalue weighted by atomic mass is 9.42. The molecule has 3 N–H and O–H groups in total. The molecule has 4 fully saturated rings. The standard InChI is InChI=1S/C27H48O3/c1-17(2)7-6-8-18(3)20-9-10-21-24-22(12-13-25(20,21)4)26(5)14-11-19(28)15-27(26,30)16-23(24)29/h17-24,28-30H,6-16H2,1-5H3. The van der Waals surface area contributed by atoms with Crippen LogP contribution in [0.2, 0.25) is 0 Å². The van der Waals surface area contributed by atoms with E-state index in [0.717, 1.165) is 37.0 Å². The van der Waals surface area contributed by atoms with E-state index >= 15 is 0 Å². The van der Waals surface area contributed by atoms with Crippen LogP contribution in [-0.4, -0.2) is 33.1 Å². The number of hydrogen-bond acceptors (Lipinski definition) is 3. The molecule has 0 saturated heterocycles. The van der Waals surface area contributed by atoms with Crippen LogP contribution in [0.4, 0.5) is 0 Å². The zero-order chi connectivity index (χ0) is 21.9. The number of aliphatic hydroxyl groups excluding tert-OH is 2. The van der Waals surface area contributed by atoms with E-state index in [1.807, 2.05) is 0 Å². The number of hydrogen-bond donors (Lipinski definition) is 3. The normalized spacial score (nSPS) is 51.9. The molecule has 0 amide bonds. The van der Waals surface area contributed by atoms with Crippen LogP contribution >= 0.6 is 0 Å². The Hall–Kier alpha value is -0.120. The summed E-state index contributed by atoms with van der Waals surface area (Å²) < 4.78 is 0. The van der Waals surface area contributed by atoms with Gasteiger partial charge in [0.25, 0.3) is 0 Å². The third-order valence-electron chi connectivity index (χ3n) is 11.0. The highest BCUT2D eigenvalue weighted by atomic mass is 16.3. The van der Waals surface area contributed by atoms with E-state index < -0.39 is 17.8 Å². The molecule has 0 aromatic heterocycles. The first-order valence-corrected chi connectivity index (χ1v) is 13.1. The summed E-state index contributed by atoms with van der Waals surface area (Å²) in [6.45, 7) is 12.0. The first kappa shape index (κ1) is 23.1. The van der Waals surface area contributed by atoms with Crippen molar-refractivity contribution in [1.82, 2.24) is 0 Å². The Balaban J connectivity index is 1.54. The molecule has 0 spiro atoms. The van der Waals surface area contributed by atoms with Gasteiger partial charge in [-0.3, -0.25) is 0 Å². The molecule has 0 radical (unpaired) electrons. The minimum Gasteiger partial charge on any atom is -0.393 e. The molecule has 4 saturated carbocycles. The lowest BCUT2D eigenvalue weighted by Gasteiger charge is -2.65. The number of fused-ring (bicyclic) bond motifs is 5. The Labute approximate surface area is 185 Å². The van der Waals surface area contributed by atoms with Gasteiger partial charge in [0.15, 0.2) is 0 Å². The fourth-order valence-corrected chi connectivity index (χ4v) is 9.25. The molecular formula is C27H48O3. The minimum absolute atomic E-state index is 0.154. The molecule has 0 aliphatic heterocycles. The summed E-state index contributed by atoms with van der Waals surface area (Å²) in [5.74, 6) is 3.67. The summed E-state index contributed by atoms with van der Waals surface area (Å²) in [5.41, 5.74) is -0.709. The second-order valence-corrected chi connectivity index (χ2v) is 12.9. The molecule has 10 unspecified atom stereocenters. The van der Waals surface area contributed by atoms with Crippen molar-refractivity contribution in [2.75, 3.05) is 0 Å². The molecule has 0 aromatic rings. The van der Waals surface area contributed by atoms with Crippen molar-refractivity contribution in [3.8, 4) is 0 Å². The molecule has 4 aliphatic rings. The van der Waals surface area contributed by atoms with Crippen LogP contribution in [-0.2, 0) is 0 Å². The quantitative estimate of drug-likeness (QED) is 0.546. The van der Waals surface area contributed by atoms with Crippen LogP contribution in [0, 0.1) is 46.3 Å². The smallest absolute Gasteiger partial charge is 0.0753 e. The fourth-order valence-electron chi connectivity index (χ4n) is 9.25. The van der Waals surface area contributed by atoms with Crippen LogP contribution < -0.4 is 0 Å². The summed E-state index contributed by atoms with van der Waals surface area (Å²) >= 11 is 0. The predicted molar refractivity (Wildman–Crippen MR) is 122 cm³/mol. The molecule has 0 aromatic carbocycles. The zero-order valence-electron chi connectivity index (χ0n) is 20.2. The summed E-state index contributed by atoms with van der Waals surface area (Å²) in [6, 6.07) is 0. The first-order valence-electron chi connectivity index (χ1n) is 13.1. The average molecular weight is 421 g/mol. The van der Waals surface area contributed by atoms with Gasteiger partial charge in [-0.1, -0.05) is 53.9 Å². The Morgan fingerprint density at radius 3 is 2.30 bits per heavy atom. The van der Waals surface area contributed by atoms with Gasteiger partial charge in [0, 0.05) is 12.8 Å². The molecule has 30 heavy (non-hydrogen) atoms. The van der Waals surface area contributed by atoms with E-state index in [9.17, 15) is 15.3 Å². The Morgan fingerprint density at radius 2 is 1.60 bits per heavy atom. The number of rotatable bonds is 5. The lowest BCUT2D eigenvalue weighted by molar-refractivity contribution is -0.249. The fraction of sp³-hybridized carbons (Fsp3) is 1.00. The second-order valence-electron chi connectivity index (χ2n) is 12.9. The van der Waals surface area contributed by atoms with Gasteiger partial charge in [-0.15, -0.1) is 0 Å². The maximum Gasteiger partial charge on any atom is 0.0753 e. The first-order chi connectivity index (χ1) is 14.0. The minimum atomic E-state index is -0.902. The van der Waals surface area contributed by atoms with Gasteiger partial charge in [0.05, 0.1) is 17.8 Å². The predicted octanol–water partition coefficient (Wildman–Crippen LogP) is 5.55. The van der Waals surface area contributed by atoms with Crippen LogP contribution in [0.5, 0.6) is 0 Å². The lowest BCUT2D eigenvalue weighted by Crippen LogP contribution is -2.66. The summed E-state index contributed by atoms with van der Waals surface area (Å²) in [5, 5.41) is 33.2. The summed E-state index contributed by atoms with van der Waals surface area (Å²) in [7, 11) is 0. The number of aliphatic hydroxyl groups is 3. The Bertz CT molecular complexity index is 619. The molecule has 3 nitrogen and oxygen atoms in total. The van der Waals surface area contributed by atoms with Crippen LogP contribution in [0.15, 0.2) is 0 Å². The third kappa shape index (κ3) is 3.50. The molecule has 174 valence electrons. The monoisotopic (exact) mass is 420 g/mol. The van der Waals surface area contributed by atoms with E-state index in [4.69, 9.17) is 0 Å². The highest BCUT2D eigenvalue weighted by Gasteiger charge is 2.67. The van der Waals surface area contributed by atoms with Crippen molar-refractivity contribution in [3.63, 3.8) is 0 Å². The largest absolute Gasteiger partial charge is 0.393 e. The van der Waals surface area contributed by atoms with Crippen molar-refractivity contribution < 1.29 is 15.3 Å². The van der Waals surface area contributed by atoms with Gasteiger partial charge in [-0.25, -0.2) is 0 Å². The summed E-state index contributed by atoms with van der Waals surface area (Å²) in [4.78, 5) is 0. The second kappa shape index (κ2) is 8.03. The Morgan fingerprint density at radius 1 is 0.867 bits per heavy atom. The topological polar surface area (TPSA) is 60.7 Å². The van der Waals surface area contributed by atoms with Crippen LogP contribution in [0.3, 0.4) is 0 Å². The van der Waals surface area contributed by atoms with Crippen LogP contribution in [0.1, 0.15) is 105 Å². The maximum absolute atomic E-state index is 11.6. The highest BCUT2D eigenvalue weighted by Crippen LogP contribution is 2.69. The molecular weight excluding hydrogens is 372 g/mol. The Kier molecular flexibility index (Phi) is 6.17. The van der Waals surface area contributed by atoms with E-state index in [0.29, 0.717) is 36.0 Å². The van der Waals surface area contributed by atoms with Gasteiger partial charge < -0.3 is 15.3 Å². The van der Waals surface area contributed by atoms with Crippen molar-refractivity contribution in [2.45, 2.75) is 123 Å². The third-order valence-corrected chi connectivity index (χ3v) is 11.0. The summed E-state index contributed by atoms with van der Waals surface area (Å²) in [6.07, 6.45) is 10.8. The molecule has 4 rings (SSSR count). The molecule has 3 heteroatoms. The van der Waals surface area contributed by atoms with E-state index in [2.05, 4.69) is 34.6 Å². The van der Waals surface area contributed by atoms with Gasteiger partial charge in [0.1, 0.15) is 0 Å². The van der Waals surface area contributed by atoms with Crippen molar-refractivity contribution in [3.05, 3.63) is 0 Å². The van der Waals surface area contributed by atoms with Gasteiger partial charge in [-0.2, -0.15) is 0 Å². The van der Waals surface area contributed by atoms with Gasteiger partial charge in [-0.05, 0) is 84.9 Å². The molecule has 0 heterocycles. The van der Waals surface area contributed by atoms with Crippen molar-refractivity contribution in [1.29, 1.82) is 0 Å². The maximum atomic E-state index is 11.6. The molecule has 0 bridgehead atoms. The van der Waals surface area contributed by atoms with E-state index in [-0.39, 0.29) is 5.41 Å². The SMILES string of the molecule is CC(C)CCCC(C)C1CCC2C3C(O)CC4(O)CC(O)CCC4(C)C3CCC12C. The van der Waals surface area contributed by atoms with Gasteiger partial charge >= 0.3 is 0 Å². The molecule has 10 atom stereocenters. The van der Waals surface area contributed by atoms with E-state index in [1.165, 1.54) is 38.5 Å².